The van der Waals surface area contributed by atoms with Gasteiger partial charge in [0.15, 0.2) is 0 Å². The van der Waals surface area contributed by atoms with Crippen LogP contribution in [0.5, 0.6) is 0 Å². The Balaban J connectivity index is 2.23. The molecule has 0 aliphatic heterocycles. The Morgan fingerprint density at radius 2 is 1.50 bits per heavy atom. The summed E-state index contributed by atoms with van der Waals surface area (Å²) >= 11 is 0. The van der Waals surface area contributed by atoms with E-state index in [0.717, 1.165) is 5.56 Å². The van der Waals surface area contributed by atoms with Gasteiger partial charge in [0.2, 0.25) is 11.9 Å². The molecule has 82 valence electrons. The average molecular weight is 219 g/mol. The Bertz CT molecular complexity index is 477. The third-order valence-corrected chi connectivity index (χ3v) is 1.99. The lowest BCUT2D eigenvalue weighted by Crippen LogP contribution is -2.07. The summed E-state index contributed by atoms with van der Waals surface area (Å²) < 4.78 is 12.7. The van der Waals surface area contributed by atoms with Crippen molar-refractivity contribution < 1.29 is 4.39 Å². The highest BCUT2D eigenvalue weighted by Crippen LogP contribution is 2.08. The molecule has 0 saturated heterocycles. The van der Waals surface area contributed by atoms with E-state index in [2.05, 4.69) is 15.0 Å². The lowest BCUT2D eigenvalue weighted by molar-refractivity contribution is 0.627. The molecule has 0 atom stereocenters. The van der Waals surface area contributed by atoms with Crippen LogP contribution < -0.4 is 11.5 Å². The molecule has 0 spiro atoms. The van der Waals surface area contributed by atoms with E-state index in [0.29, 0.717) is 12.2 Å². The van der Waals surface area contributed by atoms with Gasteiger partial charge >= 0.3 is 0 Å². The Hall–Kier alpha value is -2.24. The van der Waals surface area contributed by atoms with Gasteiger partial charge in [-0.2, -0.15) is 15.0 Å². The van der Waals surface area contributed by atoms with Crippen molar-refractivity contribution in [3.63, 3.8) is 0 Å². The molecule has 0 radical (unpaired) electrons. The summed E-state index contributed by atoms with van der Waals surface area (Å²) in [6, 6.07) is 6.07. The molecule has 0 fully saturated rings. The summed E-state index contributed by atoms with van der Waals surface area (Å²) in [6.45, 7) is 0. The van der Waals surface area contributed by atoms with Gasteiger partial charge in [-0.15, -0.1) is 0 Å². The SMILES string of the molecule is Nc1nc(N)nc(Cc2ccc(F)cc2)n1. The number of rotatable bonds is 2. The maximum atomic E-state index is 12.7. The Morgan fingerprint density at radius 3 is 2.06 bits per heavy atom. The van der Waals surface area contributed by atoms with Crippen molar-refractivity contribution in [2.45, 2.75) is 6.42 Å². The van der Waals surface area contributed by atoms with Crippen LogP contribution >= 0.6 is 0 Å². The van der Waals surface area contributed by atoms with E-state index in [1.165, 1.54) is 12.1 Å². The lowest BCUT2D eigenvalue weighted by atomic mass is 10.1. The highest BCUT2D eigenvalue weighted by molar-refractivity contribution is 5.28. The van der Waals surface area contributed by atoms with Crippen molar-refractivity contribution in [1.29, 1.82) is 0 Å². The molecule has 2 aromatic rings. The normalized spacial score (nSPS) is 10.3. The topological polar surface area (TPSA) is 90.7 Å². The molecule has 2 rings (SSSR count). The van der Waals surface area contributed by atoms with E-state index in [1.807, 2.05) is 0 Å². The number of halogens is 1. The van der Waals surface area contributed by atoms with E-state index in [-0.39, 0.29) is 17.7 Å². The zero-order valence-corrected chi connectivity index (χ0v) is 8.39. The second kappa shape index (κ2) is 4.09. The summed E-state index contributed by atoms with van der Waals surface area (Å²) in [4.78, 5) is 11.5. The maximum Gasteiger partial charge on any atom is 0.225 e. The molecule has 6 heteroatoms. The van der Waals surface area contributed by atoms with E-state index in [4.69, 9.17) is 11.5 Å². The quantitative estimate of drug-likeness (QED) is 0.778. The van der Waals surface area contributed by atoms with Crippen LogP contribution in [-0.4, -0.2) is 15.0 Å². The van der Waals surface area contributed by atoms with Gasteiger partial charge in [0.25, 0.3) is 0 Å². The van der Waals surface area contributed by atoms with Gasteiger partial charge in [-0.3, -0.25) is 0 Å². The lowest BCUT2D eigenvalue weighted by Gasteiger charge is -2.02. The summed E-state index contributed by atoms with van der Waals surface area (Å²) in [5, 5.41) is 0. The summed E-state index contributed by atoms with van der Waals surface area (Å²) in [7, 11) is 0. The summed E-state index contributed by atoms with van der Waals surface area (Å²) in [5.74, 6) is 0.365. The van der Waals surface area contributed by atoms with Gasteiger partial charge in [-0.1, -0.05) is 12.1 Å². The van der Waals surface area contributed by atoms with Crippen LogP contribution in [0.3, 0.4) is 0 Å². The number of nitrogens with two attached hydrogens (primary N) is 2. The Kier molecular flexibility index (Phi) is 2.63. The number of hydrogen-bond acceptors (Lipinski definition) is 5. The molecule has 1 heterocycles. The maximum absolute atomic E-state index is 12.7. The summed E-state index contributed by atoms with van der Waals surface area (Å²) in [5.41, 5.74) is 11.8. The smallest absolute Gasteiger partial charge is 0.225 e. The first-order valence-corrected chi connectivity index (χ1v) is 4.64. The van der Waals surface area contributed by atoms with Crippen LogP contribution in [0, 0.1) is 5.82 Å². The fourth-order valence-electron chi connectivity index (χ4n) is 1.32. The van der Waals surface area contributed by atoms with Crippen LogP contribution in [0.15, 0.2) is 24.3 Å². The van der Waals surface area contributed by atoms with Gasteiger partial charge in [-0.05, 0) is 17.7 Å². The van der Waals surface area contributed by atoms with Crippen LogP contribution in [0.2, 0.25) is 0 Å². The number of anilines is 2. The zero-order valence-electron chi connectivity index (χ0n) is 8.39. The molecule has 0 aliphatic carbocycles. The first-order chi connectivity index (χ1) is 7.63. The van der Waals surface area contributed by atoms with E-state index < -0.39 is 0 Å². The average Bonchev–Trinajstić information content (AvgIpc) is 2.20. The van der Waals surface area contributed by atoms with E-state index in [9.17, 15) is 4.39 Å². The predicted octanol–water partition coefficient (Wildman–Crippen LogP) is 0.766. The van der Waals surface area contributed by atoms with Crippen molar-refractivity contribution in [2.24, 2.45) is 0 Å². The zero-order chi connectivity index (χ0) is 11.5. The van der Waals surface area contributed by atoms with Crippen LogP contribution in [0.4, 0.5) is 16.3 Å². The number of benzene rings is 1. The number of nitrogens with zero attached hydrogens (tertiary/aromatic N) is 3. The second-order valence-corrected chi connectivity index (χ2v) is 3.27. The first-order valence-electron chi connectivity index (χ1n) is 4.64. The minimum absolute atomic E-state index is 0.0876. The molecule has 1 aromatic carbocycles. The van der Waals surface area contributed by atoms with Gasteiger partial charge in [-0.25, -0.2) is 4.39 Å². The third-order valence-electron chi connectivity index (χ3n) is 1.99. The highest BCUT2D eigenvalue weighted by Gasteiger charge is 2.03. The van der Waals surface area contributed by atoms with Crippen LogP contribution in [0.1, 0.15) is 11.4 Å². The minimum Gasteiger partial charge on any atom is -0.368 e. The molecule has 4 N–H and O–H groups in total. The molecular weight excluding hydrogens is 209 g/mol. The molecular formula is C10H10FN5. The first kappa shape index (κ1) is 10.3. The van der Waals surface area contributed by atoms with Gasteiger partial charge in [0.05, 0.1) is 0 Å². The minimum atomic E-state index is -0.279. The standard InChI is InChI=1S/C10H10FN5/c11-7-3-1-6(2-4-7)5-8-14-9(12)16-10(13)15-8/h1-4H,5H2,(H4,12,13,14,15,16). The number of aromatic nitrogens is 3. The van der Waals surface area contributed by atoms with Gasteiger partial charge in [0, 0.05) is 6.42 Å². The largest absolute Gasteiger partial charge is 0.368 e. The van der Waals surface area contributed by atoms with E-state index >= 15 is 0 Å². The molecule has 0 aliphatic rings. The monoisotopic (exact) mass is 219 g/mol. The van der Waals surface area contributed by atoms with Gasteiger partial charge < -0.3 is 11.5 Å². The van der Waals surface area contributed by atoms with Gasteiger partial charge in [0.1, 0.15) is 11.6 Å². The molecule has 5 nitrogen and oxygen atoms in total. The number of hydrogen-bond donors (Lipinski definition) is 2. The second-order valence-electron chi connectivity index (χ2n) is 3.27. The Labute approximate surface area is 91.4 Å². The molecule has 16 heavy (non-hydrogen) atoms. The van der Waals surface area contributed by atoms with Crippen molar-refractivity contribution in [3.05, 3.63) is 41.5 Å². The van der Waals surface area contributed by atoms with Crippen molar-refractivity contribution >= 4 is 11.9 Å². The fourth-order valence-corrected chi connectivity index (χ4v) is 1.32. The van der Waals surface area contributed by atoms with Crippen molar-refractivity contribution in [2.75, 3.05) is 11.5 Å². The van der Waals surface area contributed by atoms with E-state index in [1.54, 1.807) is 12.1 Å². The molecule has 0 unspecified atom stereocenters. The molecule has 0 amide bonds. The summed E-state index contributed by atoms with van der Waals surface area (Å²) in [6.07, 6.45) is 0.442. The molecule has 0 saturated carbocycles. The third kappa shape index (κ3) is 2.41. The molecule has 0 bridgehead atoms. The number of nitrogen functional groups attached to an aromatic ring is 2. The Morgan fingerprint density at radius 1 is 0.938 bits per heavy atom. The molecule has 1 aromatic heterocycles. The van der Waals surface area contributed by atoms with Crippen molar-refractivity contribution in [3.8, 4) is 0 Å². The fraction of sp³-hybridized carbons (Fsp3) is 0.100. The van der Waals surface area contributed by atoms with Crippen LogP contribution in [0.25, 0.3) is 0 Å². The van der Waals surface area contributed by atoms with Crippen LogP contribution in [-0.2, 0) is 6.42 Å². The predicted molar refractivity (Wildman–Crippen MR) is 57.9 cm³/mol. The highest BCUT2D eigenvalue weighted by atomic mass is 19.1. The van der Waals surface area contributed by atoms with Crippen molar-refractivity contribution in [1.82, 2.24) is 15.0 Å².